The first-order valence-electron chi connectivity index (χ1n) is 7.63. The molecule has 4 nitrogen and oxygen atoms in total. The number of nitrogens with zero attached hydrogens (tertiary/aromatic N) is 1. The van der Waals surface area contributed by atoms with Crippen molar-refractivity contribution in [2.75, 3.05) is 25.5 Å². The molecule has 2 aromatic rings. The lowest BCUT2D eigenvalue weighted by Crippen LogP contribution is -2.29. The first kappa shape index (κ1) is 18.6. The number of benzene rings is 2. The summed E-state index contributed by atoms with van der Waals surface area (Å²) in [6.07, 6.45) is 0. The zero-order valence-corrected chi connectivity index (χ0v) is 15.2. The number of ether oxygens (including phenoxy) is 1. The second kappa shape index (κ2) is 8.92. The molecule has 24 heavy (non-hydrogen) atoms. The Morgan fingerprint density at radius 2 is 1.88 bits per heavy atom. The van der Waals surface area contributed by atoms with Gasteiger partial charge in [0.15, 0.2) is 0 Å². The fourth-order valence-corrected chi connectivity index (χ4v) is 2.61. The van der Waals surface area contributed by atoms with E-state index in [1.807, 2.05) is 43.1 Å². The van der Waals surface area contributed by atoms with E-state index < -0.39 is 0 Å². The molecule has 2 rings (SSSR count). The number of carbonyl (C=O) groups is 1. The van der Waals surface area contributed by atoms with Crippen LogP contribution in [-0.2, 0) is 11.3 Å². The Balaban J connectivity index is 1.88. The van der Waals surface area contributed by atoms with Crippen LogP contribution in [0.5, 0.6) is 5.75 Å². The van der Waals surface area contributed by atoms with Crippen LogP contribution in [0, 0.1) is 0 Å². The summed E-state index contributed by atoms with van der Waals surface area (Å²) in [5.74, 6) is 0.699. The SMILES string of the molecule is CCOc1ccc(CN(C)CC(=O)Nc2cccc(Cl)c2Cl)cc1. The maximum atomic E-state index is 12.1. The summed E-state index contributed by atoms with van der Waals surface area (Å²) in [5.41, 5.74) is 1.62. The van der Waals surface area contributed by atoms with Gasteiger partial charge in [-0.05, 0) is 43.8 Å². The summed E-state index contributed by atoms with van der Waals surface area (Å²) in [4.78, 5) is 14.1. The quantitative estimate of drug-likeness (QED) is 0.786. The van der Waals surface area contributed by atoms with Crippen LogP contribution in [0.15, 0.2) is 42.5 Å². The zero-order valence-electron chi connectivity index (χ0n) is 13.7. The topological polar surface area (TPSA) is 41.6 Å². The monoisotopic (exact) mass is 366 g/mol. The summed E-state index contributed by atoms with van der Waals surface area (Å²) in [7, 11) is 1.88. The highest BCUT2D eigenvalue weighted by Gasteiger charge is 2.11. The van der Waals surface area contributed by atoms with Crippen molar-refractivity contribution in [3.8, 4) is 5.75 Å². The van der Waals surface area contributed by atoms with Gasteiger partial charge < -0.3 is 10.1 Å². The zero-order chi connectivity index (χ0) is 17.5. The van der Waals surface area contributed by atoms with Crippen LogP contribution < -0.4 is 10.1 Å². The van der Waals surface area contributed by atoms with Crippen LogP contribution in [-0.4, -0.2) is 31.0 Å². The van der Waals surface area contributed by atoms with E-state index >= 15 is 0 Å². The maximum absolute atomic E-state index is 12.1. The third-order valence-electron chi connectivity index (χ3n) is 3.33. The van der Waals surface area contributed by atoms with Crippen LogP contribution in [0.3, 0.4) is 0 Å². The number of carbonyl (C=O) groups excluding carboxylic acids is 1. The average molecular weight is 367 g/mol. The van der Waals surface area contributed by atoms with E-state index in [1.54, 1.807) is 18.2 Å². The molecule has 0 spiro atoms. The molecule has 6 heteroatoms. The Kier molecular flexibility index (Phi) is 6.91. The molecule has 0 unspecified atom stereocenters. The van der Waals surface area contributed by atoms with E-state index in [4.69, 9.17) is 27.9 Å². The normalized spacial score (nSPS) is 10.7. The van der Waals surface area contributed by atoms with E-state index in [1.165, 1.54) is 0 Å². The van der Waals surface area contributed by atoms with E-state index in [-0.39, 0.29) is 12.5 Å². The lowest BCUT2D eigenvalue weighted by Gasteiger charge is -2.17. The molecular weight excluding hydrogens is 347 g/mol. The van der Waals surface area contributed by atoms with Crippen molar-refractivity contribution in [2.45, 2.75) is 13.5 Å². The molecule has 0 aromatic heterocycles. The minimum absolute atomic E-state index is 0.146. The van der Waals surface area contributed by atoms with Crippen LogP contribution in [0.1, 0.15) is 12.5 Å². The standard InChI is InChI=1S/C18H20Cl2N2O2/c1-3-24-14-9-7-13(8-10-14)11-22(2)12-17(23)21-16-6-4-5-15(19)18(16)20/h4-10H,3,11-12H2,1-2H3,(H,21,23). The Hall–Kier alpha value is -1.75. The smallest absolute Gasteiger partial charge is 0.238 e. The van der Waals surface area contributed by atoms with Gasteiger partial charge in [-0.1, -0.05) is 41.4 Å². The molecule has 1 N–H and O–H groups in total. The number of anilines is 1. The number of likely N-dealkylation sites (N-methyl/N-ethyl adjacent to an activating group) is 1. The van der Waals surface area contributed by atoms with Crippen molar-refractivity contribution in [3.05, 3.63) is 58.1 Å². The van der Waals surface area contributed by atoms with E-state index in [0.29, 0.717) is 28.9 Å². The molecule has 0 aliphatic heterocycles. The molecule has 0 heterocycles. The van der Waals surface area contributed by atoms with Gasteiger partial charge in [0.05, 0.1) is 28.9 Å². The van der Waals surface area contributed by atoms with Crippen LogP contribution in [0.2, 0.25) is 10.0 Å². The Labute approximate surface area is 152 Å². The lowest BCUT2D eigenvalue weighted by molar-refractivity contribution is -0.117. The Morgan fingerprint density at radius 1 is 1.17 bits per heavy atom. The minimum Gasteiger partial charge on any atom is -0.494 e. The molecular formula is C18H20Cl2N2O2. The molecule has 0 saturated carbocycles. The van der Waals surface area contributed by atoms with Gasteiger partial charge in [-0.25, -0.2) is 0 Å². The van der Waals surface area contributed by atoms with Gasteiger partial charge in [0.25, 0.3) is 0 Å². The average Bonchev–Trinajstić information content (AvgIpc) is 2.54. The highest BCUT2D eigenvalue weighted by atomic mass is 35.5. The lowest BCUT2D eigenvalue weighted by atomic mass is 10.2. The Morgan fingerprint density at radius 3 is 2.54 bits per heavy atom. The van der Waals surface area contributed by atoms with Crippen molar-refractivity contribution >= 4 is 34.8 Å². The molecule has 0 aliphatic carbocycles. The number of nitrogens with one attached hydrogen (secondary N) is 1. The minimum atomic E-state index is -0.146. The second-order valence-corrected chi connectivity index (χ2v) is 6.18. The van der Waals surface area contributed by atoms with Gasteiger partial charge in [0.2, 0.25) is 5.91 Å². The first-order chi connectivity index (χ1) is 11.5. The predicted molar refractivity (Wildman–Crippen MR) is 99.0 cm³/mol. The molecule has 0 radical (unpaired) electrons. The predicted octanol–water partition coefficient (Wildman–Crippen LogP) is 4.46. The molecule has 1 amide bonds. The van der Waals surface area contributed by atoms with Crippen molar-refractivity contribution in [1.29, 1.82) is 0 Å². The summed E-state index contributed by atoms with van der Waals surface area (Å²) < 4.78 is 5.42. The molecule has 2 aromatic carbocycles. The van der Waals surface area contributed by atoms with Gasteiger partial charge in [0.1, 0.15) is 5.75 Å². The molecule has 0 atom stereocenters. The van der Waals surface area contributed by atoms with Crippen LogP contribution >= 0.6 is 23.2 Å². The third-order valence-corrected chi connectivity index (χ3v) is 4.14. The fourth-order valence-electron chi connectivity index (χ4n) is 2.26. The van der Waals surface area contributed by atoms with Gasteiger partial charge in [-0.2, -0.15) is 0 Å². The van der Waals surface area contributed by atoms with Gasteiger partial charge in [0, 0.05) is 6.54 Å². The highest BCUT2D eigenvalue weighted by Crippen LogP contribution is 2.29. The molecule has 128 valence electrons. The summed E-state index contributed by atoms with van der Waals surface area (Å²) in [6.45, 7) is 3.50. The second-order valence-electron chi connectivity index (χ2n) is 5.40. The molecule has 0 bridgehead atoms. The van der Waals surface area contributed by atoms with Crippen LogP contribution in [0.4, 0.5) is 5.69 Å². The van der Waals surface area contributed by atoms with Gasteiger partial charge in [-0.15, -0.1) is 0 Å². The number of rotatable bonds is 7. The number of halogens is 2. The fraction of sp³-hybridized carbons (Fsp3) is 0.278. The van der Waals surface area contributed by atoms with E-state index in [0.717, 1.165) is 11.3 Å². The highest BCUT2D eigenvalue weighted by molar-refractivity contribution is 6.43. The summed E-state index contributed by atoms with van der Waals surface area (Å²) >= 11 is 12.0. The molecule has 0 saturated heterocycles. The van der Waals surface area contributed by atoms with Crippen LogP contribution in [0.25, 0.3) is 0 Å². The van der Waals surface area contributed by atoms with Crippen molar-refractivity contribution in [1.82, 2.24) is 4.90 Å². The summed E-state index contributed by atoms with van der Waals surface area (Å²) in [6, 6.07) is 13.0. The first-order valence-corrected chi connectivity index (χ1v) is 8.39. The number of hydrogen-bond acceptors (Lipinski definition) is 3. The Bertz CT molecular complexity index is 690. The molecule has 0 fully saturated rings. The number of amides is 1. The number of hydrogen-bond donors (Lipinski definition) is 1. The summed E-state index contributed by atoms with van der Waals surface area (Å²) in [5, 5.41) is 3.54. The largest absolute Gasteiger partial charge is 0.494 e. The van der Waals surface area contributed by atoms with E-state index in [9.17, 15) is 4.79 Å². The van der Waals surface area contributed by atoms with Gasteiger partial charge in [-0.3, -0.25) is 9.69 Å². The van der Waals surface area contributed by atoms with Crippen molar-refractivity contribution in [2.24, 2.45) is 0 Å². The van der Waals surface area contributed by atoms with Crippen molar-refractivity contribution in [3.63, 3.8) is 0 Å². The van der Waals surface area contributed by atoms with Crippen molar-refractivity contribution < 1.29 is 9.53 Å². The van der Waals surface area contributed by atoms with E-state index in [2.05, 4.69) is 5.32 Å². The third kappa shape index (κ3) is 5.41. The maximum Gasteiger partial charge on any atom is 0.238 e. The van der Waals surface area contributed by atoms with Gasteiger partial charge >= 0.3 is 0 Å². The molecule has 0 aliphatic rings.